The highest BCUT2D eigenvalue weighted by molar-refractivity contribution is 5.93. The maximum absolute atomic E-state index is 12.2. The first-order valence-corrected chi connectivity index (χ1v) is 7.82. The molecule has 1 saturated heterocycles. The molecule has 0 atom stereocenters. The van der Waals surface area contributed by atoms with Crippen molar-refractivity contribution in [2.45, 2.75) is 38.5 Å². The molecule has 0 aromatic carbocycles. The van der Waals surface area contributed by atoms with Crippen LogP contribution in [0.3, 0.4) is 0 Å². The van der Waals surface area contributed by atoms with Gasteiger partial charge in [-0.15, -0.1) is 0 Å². The Balaban J connectivity index is 1.60. The number of amides is 1. The van der Waals surface area contributed by atoms with E-state index >= 15 is 0 Å². The van der Waals surface area contributed by atoms with Crippen LogP contribution >= 0.6 is 0 Å². The summed E-state index contributed by atoms with van der Waals surface area (Å²) in [5, 5.41) is 3.04. The maximum atomic E-state index is 12.2. The van der Waals surface area contributed by atoms with E-state index in [2.05, 4.69) is 15.2 Å². The third-order valence-electron chi connectivity index (χ3n) is 4.47. The average Bonchev–Trinajstić information content (AvgIpc) is 3.18. The van der Waals surface area contributed by atoms with Gasteiger partial charge in [0.25, 0.3) is 5.91 Å². The first-order valence-electron chi connectivity index (χ1n) is 7.82. The molecule has 1 N–H and O–H groups in total. The fourth-order valence-electron chi connectivity index (χ4n) is 3.26. The Morgan fingerprint density at radius 3 is 2.75 bits per heavy atom. The minimum Gasteiger partial charge on any atom is -0.371 e. The lowest BCUT2D eigenvalue weighted by Crippen LogP contribution is -2.29. The van der Waals surface area contributed by atoms with E-state index in [9.17, 15) is 4.79 Å². The molecule has 1 aromatic rings. The topological polar surface area (TPSA) is 45.2 Å². The van der Waals surface area contributed by atoms with Gasteiger partial charge in [0.1, 0.15) is 5.69 Å². The standard InChI is InChI=1S/C16H23N3O/c20-16(18-12-13-5-1-2-6-13)15-11-14(7-8-17-15)19-9-3-4-10-19/h7-8,11,13H,1-6,9-10,12H2,(H,18,20). The van der Waals surface area contributed by atoms with Crippen LogP contribution in [0.15, 0.2) is 18.3 Å². The Labute approximate surface area is 120 Å². The maximum Gasteiger partial charge on any atom is 0.269 e. The number of nitrogens with one attached hydrogen (secondary N) is 1. The van der Waals surface area contributed by atoms with Crippen LogP contribution in [0, 0.1) is 5.92 Å². The summed E-state index contributed by atoms with van der Waals surface area (Å²) in [6, 6.07) is 3.92. The van der Waals surface area contributed by atoms with Crippen molar-refractivity contribution in [2.75, 3.05) is 24.5 Å². The van der Waals surface area contributed by atoms with Crippen LogP contribution in [-0.2, 0) is 0 Å². The molecule has 4 heteroatoms. The third kappa shape index (κ3) is 3.11. The molecule has 0 bridgehead atoms. The summed E-state index contributed by atoms with van der Waals surface area (Å²) in [6.45, 7) is 2.98. The van der Waals surface area contributed by atoms with Crippen molar-refractivity contribution in [2.24, 2.45) is 5.92 Å². The second kappa shape index (κ2) is 6.25. The van der Waals surface area contributed by atoms with Crippen LogP contribution in [0.5, 0.6) is 0 Å². The van der Waals surface area contributed by atoms with Gasteiger partial charge in [-0.3, -0.25) is 9.78 Å². The van der Waals surface area contributed by atoms with Gasteiger partial charge >= 0.3 is 0 Å². The zero-order chi connectivity index (χ0) is 13.8. The van der Waals surface area contributed by atoms with E-state index in [-0.39, 0.29) is 5.91 Å². The van der Waals surface area contributed by atoms with E-state index in [1.165, 1.54) is 38.5 Å². The molecule has 2 aliphatic rings. The second-order valence-electron chi connectivity index (χ2n) is 5.95. The molecule has 0 unspecified atom stereocenters. The molecule has 1 saturated carbocycles. The van der Waals surface area contributed by atoms with E-state index in [0.717, 1.165) is 25.3 Å². The smallest absolute Gasteiger partial charge is 0.269 e. The van der Waals surface area contributed by atoms with Crippen molar-refractivity contribution in [1.29, 1.82) is 0 Å². The highest BCUT2D eigenvalue weighted by atomic mass is 16.1. The fraction of sp³-hybridized carbons (Fsp3) is 0.625. The van der Waals surface area contributed by atoms with Gasteiger partial charge in [-0.25, -0.2) is 0 Å². The zero-order valence-corrected chi connectivity index (χ0v) is 12.0. The molecular formula is C16H23N3O. The van der Waals surface area contributed by atoms with Crippen LogP contribution in [0.25, 0.3) is 0 Å². The van der Waals surface area contributed by atoms with Crippen LogP contribution in [0.2, 0.25) is 0 Å². The lowest BCUT2D eigenvalue weighted by Gasteiger charge is -2.18. The average molecular weight is 273 g/mol. The van der Waals surface area contributed by atoms with Crippen molar-refractivity contribution < 1.29 is 4.79 Å². The quantitative estimate of drug-likeness (QED) is 0.917. The van der Waals surface area contributed by atoms with Crippen LogP contribution in [0.1, 0.15) is 49.0 Å². The molecule has 0 spiro atoms. The Kier molecular flexibility index (Phi) is 4.19. The molecule has 2 fully saturated rings. The van der Waals surface area contributed by atoms with Gasteiger partial charge < -0.3 is 10.2 Å². The number of carbonyl (C=O) groups excluding carboxylic acids is 1. The highest BCUT2D eigenvalue weighted by Gasteiger charge is 2.18. The summed E-state index contributed by atoms with van der Waals surface area (Å²) < 4.78 is 0. The molecular weight excluding hydrogens is 250 g/mol. The van der Waals surface area contributed by atoms with E-state index in [0.29, 0.717) is 11.6 Å². The molecule has 1 amide bonds. The zero-order valence-electron chi connectivity index (χ0n) is 12.0. The van der Waals surface area contributed by atoms with Crippen LogP contribution < -0.4 is 10.2 Å². The van der Waals surface area contributed by atoms with Crippen LogP contribution in [-0.4, -0.2) is 30.5 Å². The fourth-order valence-corrected chi connectivity index (χ4v) is 3.26. The summed E-state index contributed by atoms with van der Waals surface area (Å²) in [7, 11) is 0. The number of pyridine rings is 1. The van der Waals surface area contributed by atoms with Gasteiger partial charge in [0, 0.05) is 31.5 Å². The van der Waals surface area contributed by atoms with Gasteiger partial charge in [0.05, 0.1) is 0 Å². The summed E-state index contributed by atoms with van der Waals surface area (Å²) >= 11 is 0. The number of hydrogen-bond donors (Lipinski definition) is 1. The number of hydrogen-bond acceptors (Lipinski definition) is 3. The van der Waals surface area contributed by atoms with Crippen molar-refractivity contribution in [3.63, 3.8) is 0 Å². The van der Waals surface area contributed by atoms with E-state index < -0.39 is 0 Å². The SMILES string of the molecule is O=C(NCC1CCCC1)c1cc(N2CCCC2)ccn1. The third-order valence-corrected chi connectivity index (χ3v) is 4.47. The van der Waals surface area contributed by atoms with E-state index in [1.807, 2.05) is 12.1 Å². The number of carbonyl (C=O) groups is 1. The van der Waals surface area contributed by atoms with E-state index in [4.69, 9.17) is 0 Å². The first-order chi connectivity index (χ1) is 9.83. The highest BCUT2D eigenvalue weighted by Crippen LogP contribution is 2.24. The summed E-state index contributed by atoms with van der Waals surface area (Å²) in [5.74, 6) is 0.638. The second-order valence-corrected chi connectivity index (χ2v) is 5.95. The summed E-state index contributed by atoms with van der Waals surface area (Å²) in [6.07, 6.45) is 9.35. The van der Waals surface area contributed by atoms with Gasteiger partial charge in [-0.1, -0.05) is 12.8 Å². The van der Waals surface area contributed by atoms with E-state index in [1.54, 1.807) is 6.20 Å². The molecule has 108 valence electrons. The first kappa shape index (κ1) is 13.4. The van der Waals surface area contributed by atoms with Gasteiger partial charge in [0.15, 0.2) is 0 Å². The van der Waals surface area contributed by atoms with Gasteiger partial charge in [-0.05, 0) is 43.7 Å². The minimum atomic E-state index is -0.0297. The normalized spacial score (nSPS) is 19.5. The Morgan fingerprint density at radius 2 is 2.00 bits per heavy atom. The summed E-state index contributed by atoms with van der Waals surface area (Å²) in [5.41, 5.74) is 1.68. The molecule has 1 aliphatic heterocycles. The monoisotopic (exact) mass is 273 g/mol. The van der Waals surface area contributed by atoms with Crippen molar-refractivity contribution in [1.82, 2.24) is 10.3 Å². The van der Waals surface area contributed by atoms with Crippen molar-refractivity contribution in [3.8, 4) is 0 Å². The predicted molar refractivity (Wildman–Crippen MR) is 80.0 cm³/mol. The van der Waals surface area contributed by atoms with Crippen LogP contribution in [0.4, 0.5) is 5.69 Å². The van der Waals surface area contributed by atoms with Crippen molar-refractivity contribution in [3.05, 3.63) is 24.0 Å². The lowest BCUT2D eigenvalue weighted by molar-refractivity contribution is 0.0942. The molecule has 0 radical (unpaired) electrons. The number of anilines is 1. The number of aromatic nitrogens is 1. The molecule has 2 heterocycles. The largest absolute Gasteiger partial charge is 0.371 e. The molecule has 20 heavy (non-hydrogen) atoms. The summed E-state index contributed by atoms with van der Waals surface area (Å²) in [4.78, 5) is 18.7. The number of nitrogens with zero attached hydrogens (tertiary/aromatic N) is 2. The Morgan fingerprint density at radius 1 is 1.25 bits per heavy atom. The van der Waals surface area contributed by atoms with Crippen molar-refractivity contribution >= 4 is 11.6 Å². The molecule has 4 nitrogen and oxygen atoms in total. The molecule has 3 rings (SSSR count). The number of rotatable bonds is 4. The van der Waals surface area contributed by atoms with Gasteiger partial charge in [-0.2, -0.15) is 0 Å². The lowest BCUT2D eigenvalue weighted by atomic mass is 10.1. The minimum absolute atomic E-state index is 0.0297. The Bertz CT molecular complexity index is 463. The molecule has 1 aromatic heterocycles. The molecule has 1 aliphatic carbocycles. The van der Waals surface area contributed by atoms with Gasteiger partial charge in [0.2, 0.25) is 0 Å². The predicted octanol–water partition coefficient (Wildman–Crippen LogP) is 2.60. The Hall–Kier alpha value is -1.58.